The molecule has 0 atom stereocenters. The molecule has 2 aromatic heterocycles. The van der Waals surface area contributed by atoms with Gasteiger partial charge < -0.3 is 10.2 Å². The van der Waals surface area contributed by atoms with Crippen LogP contribution in [0.1, 0.15) is 22.2 Å². The topological polar surface area (TPSA) is 55.3 Å². The Labute approximate surface area is 105 Å². The van der Waals surface area contributed by atoms with Gasteiger partial charge in [0.2, 0.25) is 0 Å². The molecule has 0 aliphatic heterocycles. The van der Waals surface area contributed by atoms with Gasteiger partial charge in [-0.3, -0.25) is 4.90 Å². The average molecular weight is 251 g/mol. The van der Waals surface area contributed by atoms with Crippen LogP contribution in [0.3, 0.4) is 0 Å². The number of thiazole rings is 1. The van der Waals surface area contributed by atoms with Crippen molar-refractivity contribution in [3.63, 3.8) is 0 Å². The number of rotatable bonds is 5. The summed E-state index contributed by atoms with van der Waals surface area (Å²) in [6.45, 7) is 4.09. The SMILES string of the molecule is Cc1ccc(CN(C)Cc2csc(CN)n2)o1. The maximum atomic E-state index is 5.54. The minimum Gasteiger partial charge on any atom is -0.465 e. The van der Waals surface area contributed by atoms with Crippen LogP contribution in [0.5, 0.6) is 0 Å². The predicted molar refractivity (Wildman–Crippen MR) is 68.6 cm³/mol. The first-order chi connectivity index (χ1) is 8.17. The quantitative estimate of drug-likeness (QED) is 0.884. The van der Waals surface area contributed by atoms with E-state index in [1.54, 1.807) is 11.3 Å². The molecule has 2 rings (SSSR count). The van der Waals surface area contributed by atoms with Crippen molar-refractivity contribution < 1.29 is 4.42 Å². The van der Waals surface area contributed by atoms with Gasteiger partial charge in [-0.25, -0.2) is 4.98 Å². The average Bonchev–Trinajstić information content (AvgIpc) is 2.88. The minimum atomic E-state index is 0.520. The van der Waals surface area contributed by atoms with Crippen LogP contribution < -0.4 is 5.73 Å². The second-order valence-corrected chi connectivity index (χ2v) is 5.06. The van der Waals surface area contributed by atoms with E-state index < -0.39 is 0 Å². The van der Waals surface area contributed by atoms with Crippen LogP contribution in [0.2, 0.25) is 0 Å². The van der Waals surface area contributed by atoms with E-state index in [1.165, 1.54) is 0 Å². The van der Waals surface area contributed by atoms with Crippen LogP contribution in [0.4, 0.5) is 0 Å². The summed E-state index contributed by atoms with van der Waals surface area (Å²) in [6, 6.07) is 4.00. The molecule has 0 amide bonds. The summed E-state index contributed by atoms with van der Waals surface area (Å²) in [5.41, 5.74) is 6.61. The molecule has 0 fully saturated rings. The van der Waals surface area contributed by atoms with Crippen molar-refractivity contribution in [1.82, 2.24) is 9.88 Å². The molecule has 92 valence electrons. The fourth-order valence-electron chi connectivity index (χ4n) is 1.68. The lowest BCUT2D eigenvalue weighted by Gasteiger charge is -2.13. The third kappa shape index (κ3) is 3.39. The summed E-state index contributed by atoms with van der Waals surface area (Å²) in [7, 11) is 2.05. The maximum Gasteiger partial charge on any atom is 0.118 e. The van der Waals surface area contributed by atoms with Gasteiger partial charge in [0.1, 0.15) is 16.5 Å². The third-order valence-corrected chi connectivity index (χ3v) is 3.35. The van der Waals surface area contributed by atoms with Crippen LogP contribution in [0.25, 0.3) is 0 Å². The van der Waals surface area contributed by atoms with Crippen molar-refractivity contribution in [2.24, 2.45) is 5.73 Å². The van der Waals surface area contributed by atoms with Gasteiger partial charge >= 0.3 is 0 Å². The zero-order valence-corrected chi connectivity index (χ0v) is 11.0. The highest BCUT2D eigenvalue weighted by Gasteiger charge is 2.07. The smallest absolute Gasteiger partial charge is 0.118 e. The summed E-state index contributed by atoms with van der Waals surface area (Å²) >= 11 is 1.62. The fourth-order valence-corrected chi connectivity index (χ4v) is 2.35. The summed E-state index contributed by atoms with van der Waals surface area (Å²) in [4.78, 5) is 6.61. The summed E-state index contributed by atoms with van der Waals surface area (Å²) in [5.74, 6) is 1.94. The minimum absolute atomic E-state index is 0.520. The lowest BCUT2D eigenvalue weighted by molar-refractivity contribution is 0.282. The van der Waals surface area contributed by atoms with Gasteiger partial charge in [0.25, 0.3) is 0 Å². The molecule has 2 N–H and O–H groups in total. The van der Waals surface area contributed by atoms with E-state index in [2.05, 4.69) is 22.3 Å². The second-order valence-electron chi connectivity index (χ2n) is 4.12. The molecule has 5 heteroatoms. The first-order valence-electron chi connectivity index (χ1n) is 5.54. The standard InChI is InChI=1S/C12H17N3OS/c1-9-3-4-11(16-9)7-15(2)6-10-8-17-12(5-13)14-10/h3-4,8H,5-7,13H2,1-2H3. The zero-order chi connectivity index (χ0) is 12.3. The fraction of sp³-hybridized carbons (Fsp3) is 0.417. The highest BCUT2D eigenvalue weighted by Crippen LogP contribution is 2.13. The lowest BCUT2D eigenvalue weighted by atomic mass is 10.4. The van der Waals surface area contributed by atoms with Crippen molar-refractivity contribution >= 4 is 11.3 Å². The van der Waals surface area contributed by atoms with E-state index in [1.807, 2.05) is 19.1 Å². The first-order valence-corrected chi connectivity index (χ1v) is 6.42. The highest BCUT2D eigenvalue weighted by molar-refractivity contribution is 7.09. The first kappa shape index (κ1) is 12.3. The predicted octanol–water partition coefficient (Wildman–Crippen LogP) is 2.14. The van der Waals surface area contributed by atoms with E-state index in [0.29, 0.717) is 6.54 Å². The van der Waals surface area contributed by atoms with Gasteiger partial charge in [-0.2, -0.15) is 0 Å². The van der Waals surface area contributed by atoms with Crippen molar-refractivity contribution in [3.05, 3.63) is 39.7 Å². The van der Waals surface area contributed by atoms with Gasteiger partial charge in [0.05, 0.1) is 12.2 Å². The highest BCUT2D eigenvalue weighted by atomic mass is 32.1. The Morgan fingerprint density at radius 1 is 1.41 bits per heavy atom. The molecule has 0 aliphatic carbocycles. The third-order valence-electron chi connectivity index (χ3n) is 2.43. The number of furan rings is 1. The summed E-state index contributed by atoms with van der Waals surface area (Å²) < 4.78 is 5.54. The van der Waals surface area contributed by atoms with Crippen molar-refractivity contribution in [2.45, 2.75) is 26.6 Å². The van der Waals surface area contributed by atoms with Gasteiger partial charge in [-0.05, 0) is 26.1 Å². The van der Waals surface area contributed by atoms with Gasteiger partial charge in [0, 0.05) is 18.5 Å². The zero-order valence-electron chi connectivity index (χ0n) is 10.1. The van der Waals surface area contributed by atoms with E-state index in [-0.39, 0.29) is 0 Å². The molecule has 0 saturated carbocycles. The molecule has 0 aliphatic rings. The molecule has 0 spiro atoms. The molecule has 0 saturated heterocycles. The Hall–Kier alpha value is -1.17. The van der Waals surface area contributed by atoms with E-state index in [9.17, 15) is 0 Å². The molecule has 0 bridgehead atoms. The summed E-state index contributed by atoms with van der Waals surface area (Å²) in [5, 5.41) is 3.05. The monoisotopic (exact) mass is 251 g/mol. The Morgan fingerprint density at radius 2 is 2.24 bits per heavy atom. The molecule has 2 heterocycles. The molecule has 0 radical (unpaired) electrons. The molecule has 0 unspecified atom stereocenters. The van der Waals surface area contributed by atoms with Crippen LogP contribution in [0.15, 0.2) is 21.9 Å². The van der Waals surface area contributed by atoms with Gasteiger partial charge in [0.15, 0.2) is 0 Å². The van der Waals surface area contributed by atoms with Crippen molar-refractivity contribution in [1.29, 1.82) is 0 Å². The number of nitrogens with two attached hydrogens (primary N) is 1. The second kappa shape index (κ2) is 5.44. The molecule has 17 heavy (non-hydrogen) atoms. The van der Waals surface area contributed by atoms with Gasteiger partial charge in [-0.1, -0.05) is 0 Å². The molecule has 2 aromatic rings. The number of nitrogens with zero attached hydrogens (tertiary/aromatic N) is 2. The van der Waals surface area contributed by atoms with Crippen LogP contribution in [-0.4, -0.2) is 16.9 Å². The normalized spacial score (nSPS) is 11.3. The number of hydrogen-bond donors (Lipinski definition) is 1. The molecule has 0 aromatic carbocycles. The maximum absolute atomic E-state index is 5.54. The largest absolute Gasteiger partial charge is 0.465 e. The van der Waals surface area contributed by atoms with Crippen LogP contribution >= 0.6 is 11.3 Å². The Bertz CT molecular complexity index is 478. The Morgan fingerprint density at radius 3 is 2.82 bits per heavy atom. The van der Waals surface area contributed by atoms with Gasteiger partial charge in [-0.15, -0.1) is 11.3 Å². The van der Waals surface area contributed by atoms with Crippen LogP contribution in [-0.2, 0) is 19.6 Å². The van der Waals surface area contributed by atoms with E-state index >= 15 is 0 Å². The number of hydrogen-bond acceptors (Lipinski definition) is 5. The lowest BCUT2D eigenvalue weighted by Crippen LogP contribution is -2.17. The van der Waals surface area contributed by atoms with Crippen molar-refractivity contribution in [3.8, 4) is 0 Å². The van der Waals surface area contributed by atoms with Crippen molar-refractivity contribution in [2.75, 3.05) is 7.05 Å². The molecular formula is C12H17N3OS. The van der Waals surface area contributed by atoms with E-state index in [0.717, 1.165) is 35.3 Å². The number of aromatic nitrogens is 1. The molecule has 4 nitrogen and oxygen atoms in total. The van der Waals surface area contributed by atoms with E-state index in [4.69, 9.17) is 10.2 Å². The summed E-state index contributed by atoms with van der Waals surface area (Å²) in [6.07, 6.45) is 0. The Kier molecular flexibility index (Phi) is 3.93. The number of aryl methyl sites for hydroxylation is 1. The Balaban J connectivity index is 1.90. The molecular weight excluding hydrogens is 234 g/mol. The van der Waals surface area contributed by atoms with Crippen LogP contribution in [0, 0.1) is 6.92 Å².